The highest BCUT2D eigenvalue weighted by molar-refractivity contribution is 5.94. The summed E-state index contributed by atoms with van der Waals surface area (Å²) in [5, 5.41) is 8.68. The highest BCUT2D eigenvalue weighted by Gasteiger charge is 2.29. The number of benzene rings is 1. The quantitative estimate of drug-likeness (QED) is 0.911. The Labute approximate surface area is 108 Å². The number of likely N-dealkylation sites (tertiary alicyclic amines) is 1. The fourth-order valence-corrected chi connectivity index (χ4v) is 2.27. The largest absolute Gasteiger partial charge is 0.481 e. The average molecular weight is 269 g/mol. The molecule has 4 nitrogen and oxygen atoms in total. The predicted molar refractivity (Wildman–Crippen MR) is 62.6 cm³/mol. The monoisotopic (exact) mass is 269 g/mol. The van der Waals surface area contributed by atoms with Crippen molar-refractivity contribution in [3.8, 4) is 0 Å². The summed E-state index contributed by atoms with van der Waals surface area (Å²) in [6.07, 6.45) is 0.546. The molecule has 2 rings (SSSR count). The number of nitrogens with zero attached hydrogens (tertiary/aromatic N) is 1. The number of amides is 1. The molecule has 1 fully saturated rings. The standard InChI is InChI=1S/C13H13F2NO3/c14-10-3-1-2-9(12(10)15)13(19)16-5-4-8(7-16)6-11(17)18/h1-3,8H,4-7H2,(H,17,18). The Balaban J connectivity index is 2.09. The SMILES string of the molecule is O=C(O)CC1CCN(C(=O)c2cccc(F)c2F)C1. The van der Waals surface area contributed by atoms with Gasteiger partial charge in [0.25, 0.3) is 5.91 Å². The number of carbonyl (C=O) groups is 2. The van der Waals surface area contributed by atoms with Crippen molar-refractivity contribution in [1.29, 1.82) is 0 Å². The first kappa shape index (κ1) is 13.5. The van der Waals surface area contributed by atoms with Crippen molar-refractivity contribution in [3.63, 3.8) is 0 Å². The number of carboxylic acid groups (broad SMARTS) is 1. The average Bonchev–Trinajstić information content (AvgIpc) is 2.79. The van der Waals surface area contributed by atoms with E-state index in [1.165, 1.54) is 17.0 Å². The number of hydrogen-bond acceptors (Lipinski definition) is 2. The minimum atomic E-state index is -1.16. The lowest BCUT2D eigenvalue weighted by Crippen LogP contribution is -2.30. The molecule has 19 heavy (non-hydrogen) atoms. The molecule has 1 aliphatic rings. The number of rotatable bonds is 3. The molecule has 1 aromatic carbocycles. The number of carbonyl (C=O) groups excluding carboxylic acids is 1. The van der Waals surface area contributed by atoms with Crippen LogP contribution in [0.15, 0.2) is 18.2 Å². The van der Waals surface area contributed by atoms with Crippen molar-refractivity contribution in [2.24, 2.45) is 5.92 Å². The number of hydrogen-bond donors (Lipinski definition) is 1. The Bertz CT molecular complexity index is 519. The van der Waals surface area contributed by atoms with Gasteiger partial charge in [-0.25, -0.2) is 8.78 Å². The van der Waals surface area contributed by atoms with Crippen LogP contribution in [0.3, 0.4) is 0 Å². The van der Waals surface area contributed by atoms with E-state index in [0.29, 0.717) is 13.0 Å². The van der Waals surface area contributed by atoms with Crippen LogP contribution < -0.4 is 0 Å². The fraction of sp³-hybridized carbons (Fsp3) is 0.385. The van der Waals surface area contributed by atoms with E-state index >= 15 is 0 Å². The maximum Gasteiger partial charge on any atom is 0.303 e. The van der Waals surface area contributed by atoms with Crippen molar-refractivity contribution in [2.75, 3.05) is 13.1 Å². The lowest BCUT2D eigenvalue weighted by atomic mass is 10.1. The van der Waals surface area contributed by atoms with Gasteiger partial charge in [-0.3, -0.25) is 9.59 Å². The predicted octanol–water partition coefficient (Wildman–Crippen LogP) is 1.90. The molecule has 6 heteroatoms. The van der Waals surface area contributed by atoms with Gasteiger partial charge in [-0.2, -0.15) is 0 Å². The van der Waals surface area contributed by atoms with Gasteiger partial charge in [0.05, 0.1) is 5.56 Å². The molecular formula is C13H13F2NO3. The highest BCUT2D eigenvalue weighted by Crippen LogP contribution is 2.22. The molecule has 1 amide bonds. The molecule has 1 saturated heterocycles. The molecule has 1 heterocycles. The van der Waals surface area contributed by atoms with Crippen molar-refractivity contribution in [3.05, 3.63) is 35.4 Å². The van der Waals surface area contributed by atoms with Crippen LogP contribution in [0.2, 0.25) is 0 Å². The third-order valence-corrected chi connectivity index (χ3v) is 3.22. The minimum Gasteiger partial charge on any atom is -0.481 e. The van der Waals surface area contributed by atoms with Crippen LogP contribution in [0, 0.1) is 17.6 Å². The Morgan fingerprint density at radius 3 is 2.79 bits per heavy atom. The second-order valence-corrected chi connectivity index (χ2v) is 4.61. The first-order valence-corrected chi connectivity index (χ1v) is 5.94. The zero-order valence-corrected chi connectivity index (χ0v) is 10.1. The zero-order chi connectivity index (χ0) is 14.0. The molecule has 1 aliphatic heterocycles. The molecular weight excluding hydrogens is 256 g/mol. The molecule has 0 aromatic heterocycles. The molecule has 0 spiro atoms. The van der Waals surface area contributed by atoms with Gasteiger partial charge in [-0.15, -0.1) is 0 Å². The normalized spacial score (nSPS) is 18.6. The van der Waals surface area contributed by atoms with Gasteiger partial charge in [-0.1, -0.05) is 6.07 Å². The molecule has 0 radical (unpaired) electrons. The van der Waals surface area contributed by atoms with Crippen molar-refractivity contribution in [1.82, 2.24) is 4.90 Å². The third-order valence-electron chi connectivity index (χ3n) is 3.22. The number of aliphatic carboxylic acids is 1. The van der Waals surface area contributed by atoms with Crippen molar-refractivity contribution in [2.45, 2.75) is 12.8 Å². The number of halogens is 2. The smallest absolute Gasteiger partial charge is 0.303 e. The maximum atomic E-state index is 13.5. The first-order valence-electron chi connectivity index (χ1n) is 5.94. The van der Waals surface area contributed by atoms with E-state index in [0.717, 1.165) is 6.07 Å². The fourth-order valence-electron chi connectivity index (χ4n) is 2.27. The van der Waals surface area contributed by atoms with E-state index in [1.54, 1.807) is 0 Å². The second-order valence-electron chi connectivity index (χ2n) is 4.61. The summed E-state index contributed by atoms with van der Waals surface area (Å²) in [5.74, 6) is -3.86. The molecule has 1 atom stereocenters. The van der Waals surface area contributed by atoms with Gasteiger partial charge >= 0.3 is 5.97 Å². The molecule has 1 N–H and O–H groups in total. The first-order chi connectivity index (χ1) is 8.99. The number of carboxylic acids is 1. The summed E-state index contributed by atoms with van der Waals surface area (Å²) in [6.45, 7) is 0.633. The van der Waals surface area contributed by atoms with Crippen LogP contribution in [0.25, 0.3) is 0 Å². The molecule has 1 unspecified atom stereocenters. The highest BCUT2D eigenvalue weighted by atomic mass is 19.2. The van der Waals surface area contributed by atoms with Gasteiger partial charge in [0.15, 0.2) is 11.6 Å². The third kappa shape index (κ3) is 2.89. The van der Waals surface area contributed by atoms with Gasteiger partial charge in [-0.05, 0) is 24.5 Å². The van der Waals surface area contributed by atoms with Crippen LogP contribution in [-0.4, -0.2) is 35.0 Å². The molecule has 0 saturated carbocycles. The van der Waals surface area contributed by atoms with Crippen LogP contribution in [0.5, 0.6) is 0 Å². The summed E-state index contributed by atoms with van der Waals surface area (Å²) in [4.78, 5) is 24.0. The summed E-state index contributed by atoms with van der Waals surface area (Å²) in [6, 6.07) is 3.45. The van der Waals surface area contributed by atoms with Gasteiger partial charge in [0.2, 0.25) is 0 Å². The van der Waals surface area contributed by atoms with E-state index in [1.807, 2.05) is 0 Å². The Morgan fingerprint density at radius 1 is 1.37 bits per heavy atom. The van der Waals surface area contributed by atoms with Gasteiger partial charge in [0.1, 0.15) is 0 Å². The Kier molecular flexibility index (Phi) is 3.78. The van der Waals surface area contributed by atoms with Gasteiger partial charge in [0, 0.05) is 19.5 Å². The zero-order valence-electron chi connectivity index (χ0n) is 10.1. The molecule has 0 bridgehead atoms. The van der Waals surface area contributed by atoms with Crippen LogP contribution in [-0.2, 0) is 4.79 Å². The Morgan fingerprint density at radius 2 is 2.11 bits per heavy atom. The second kappa shape index (κ2) is 5.34. The van der Waals surface area contributed by atoms with Gasteiger partial charge < -0.3 is 10.0 Å². The summed E-state index contributed by atoms with van der Waals surface area (Å²) < 4.78 is 26.5. The van der Waals surface area contributed by atoms with E-state index in [4.69, 9.17) is 5.11 Å². The van der Waals surface area contributed by atoms with E-state index in [2.05, 4.69) is 0 Å². The summed E-state index contributed by atoms with van der Waals surface area (Å²) in [7, 11) is 0. The van der Waals surface area contributed by atoms with Crippen molar-refractivity contribution < 1.29 is 23.5 Å². The molecule has 1 aromatic rings. The minimum absolute atomic E-state index is 0.0184. The van der Waals surface area contributed by atoms with E-state index in [9.17, 15) is 18.4 Å². The van der Waals surface area contributed by atoms with Crippen molar-refractivity contribution >= 4 is 11.9 Å². The molecule has 102 valence electrons. The topological polar surface area (TPSA) is 57.6 Å². The van der Waals surface area contributed by atoms with Crippen LogP contribution in [0.4, 0.5) is 8.78 Å². The molecule has 0 aliphatic carbocycles. The lowest BCUT2D eigenvalue weighted by molar-refractivity contribution is -0.138. The van der Waals surface area contributed by atoms with E-state index < -0.39 is 23.5 Å². The van der Waals surface area contributed by atoms with Crippen LogP contribution >= 0.6 is 0 Å². The van der Waals surface area contributed by atoms with E-state index in [-0.39, 0.29) is 24.4 Å². The maximum absolute atomic E-state index is 13.5. The Hall–Kier alpha value is -1.98. The summed E-state index contributed by atoms with van der Waals surface area (Å²) in [5.41, 5.74) is -0.309. The summed E-state index contributed by atoms with van der Waals surface area (Å²) >= 11 is 0. The van der Waals surface area contributed by atoms with Crippen LogP contribution in [0.1, 0.15) is 23.2 Å². The lowest BCUT2D eigenvalue weighted by Gasteiger charge is -2.16.